The predicted molar refractivity (Wildman–Crippen MR) is 67.8 cm³/mol. The number of halogens is 2. The lowest BCUT2D eigenvalue weighted by Gasteiger charge is -2.18. The highest BCUT2D eigenvalue weighted by Gasteiger charge is 2.45. The number of hydrogen-bond acceptors (Lipinski definition) is 6. The summed E-state index contributed by atoms with van der Waals surface area (Å²) in [6.07, 6.45) is 0. The van der Waals surface area contributed by atoms with Gasteiger partial charge in [0.2, 0.25) is 5.01 Å². The van der Waals surface area contributed by atoms with Crippen molar-refractivity contribution < 1.29 is 27.8 Å². The molecule has 0 atom stereocenters. The highest BCUT2D eigenvalue weighted by Crippen LogP contribution is 2.30. The summed E-state index contributed by atoms with van der Waals surface area (Å²) < 4.78 is 36.6. The largest absolute Gasteiger partial charge is 0.461 e. The third-order valence-corrected chi connectivity index (χ3v) is 2.75. The van der Waals surface area contributed by atoms with Crippen molar-refractivity contribution >= 4 is 23.3 Å². The zero-order chi connectivity index (χ0) is 15.6. The molecule has 0 aliphatic carbocycles. The van der Waals surface area contributed by atoms with Crippen LogP contribution in [-0.4, -0.2) is 29.1 Å². The van der Waals surface area contributed by atoms with Gasteiger partial charge in [-0.15, -0.1) is 11.3 Å². The van der Waals surface area contributed by atoms with Crippen LogP contribution in [0.25, 0.3) is 0 Å². The fraction of sp³-hybridized carbons (Fsp3) is 0.583. The van der Waals surface area contributed by atoms with Crippen LogP contribution in [0.3, 0.4) is 0 Å². The van der Waals surface area contributed by atoms with Crippen molar-refractivity contribution in [3.8, 4) is 0 Å². The van der Waals surface area contributed by atoms with Crippen molar-refractivity contribution in [3.63, 3.8) is 0 Å². The molecule has 0 bridgehead atoms. The lowest BCUT2D eigenvalue weighted by atomic mass is 10.2. The highest BCUT2D eigenvalue weighted by atomic mass is 32.1. The number of esters is 2. The van der Waals surface area contributed by atoms with E-state index < -0.39 is 29.2 Å². The molecule has 0 N–H and O–H groups in total. The van der Waals surface area contributed by atoms with Crippen molar-refractivity contribution in [3.05, 3.63) is 16.1 Å². The van der Waals surface area contributed by atoms with Gasteiger partial charge in [0.15, 0.2) is 0 Å². The Morgan fingerprint density at radius 1 is 1.35 bits per heavy atom. The van der Waals surface area contributed by atoms with Gasteiger partial charge < -0.3 is 9.47 Å². The lowest BCUT2D eigenvalue weighted by Crippen LogP contribution is -2.29. The summed E-state index contributed by atoms with van der Waals surface area (Å²) >= 11 is 0.687. The molecule has 8 heteroatoms. The Kier molecular flexibility index (Phi) is 4.80. The Balaban J connectivity index is 2.92. The maximum atomic E-state index is 13.7. The molecule has 5 nitrogen and oxygen atoms in total. The number of alkyl halides is 2. The average Bonchev–Trinajstić information content (AvgIpc) is 2.76. The summed E-state index contributed by atoms with van der Waals surface area (Å²) in [6.45, 7) is 6.19. The van der Waals surface area contributed by atoms with Gasteiger partial charge in [0.05, 0.1) is 6.61 Å². The third-order valence-electron chi connectivity index (χ3n) is 1.93. The minimum atomic E-state index is -3.88. The number of nitrogens with zero attached hydrogens (tertiary/aromatic N) is 1. The van der Waals surface area contributed by atoms with Crippen molar-refractivity contribution in [1.29, 1.82) is 0 Å². The number of thiazole rings is 1. The number of ether oxygens (including phenoxy) is 2. The summed E-state index contributed by atoms with van der Waals surface area (Å²) in [7, 11) is 0. The Morgan fingerprint density at radius 3 is 2.45 bits per heavy atom. The van der Waals surface area contributed by atoms with Crippen LogP contribution in [0.15, 0.2) is 5.38 Å². The van der Waals surface area contributed by atoms with Gasteiger partial charge in [-0.05, 0) is 27.7 Å². The fourth-order valence-electron chi connectivity index (χ4n) is 1.16. The van der Waals surface area contributed by atoms with Crippen molar-refractivity contribution in [2.75, 3.05) is 6.61 Å². The maximum absolute atomic E-state index is 13.7. The fourth-order valence-corrected chi connectivity index (χ4v) is 1.87. The van der Waals surface area contributed by atoms with Crippen LogP contribution in [0.1, 0.15) is 43.2 Å². The number of carbonyl (C=O) groups is 2. The van der Waals surface area contributed by atoms with Crippen molar-refractivity contribution in [2.45, 2.75) is 39.2 Å². The van der Waals surface area contributed by atoms with Crippen molar-refractivity contribution in [1.82, 2.24) is 4.98 Å². The van der Waals surface area contributed by atoms with Gasteiger partial charge in [-0.2, -0.15) is 8.78 Å². The van der Waals surface area contributed by atoms with Gasteiger partial charge in [0.25, 0.3) is 0 Å². The molecule has 0 amide bonds. The zero-order valence-corrected chi connectivity index (χ0v) is 12.3. The van der Waals surface area contributed by atoms with Gasteiger partial charge in [-0.1, -0.05) is 0 Å². The molecular formula is C12H15F2NO4S. The molecule has 0 aliphatic heterocycles. The first-order valence-electron chi connectivity index (χ1n) is 5.82. The van der Waals surface area contributed by atoms with Gasteiger partial charge in [-0.25, -0.2) is 14.6 Å². The minimum Gasteiger partial charge on any atom is -0.461 e. The predicted octanol–water partition coefficient (Wildman–Crippen LogP) is 2.75. The number of hydrogen-bond donors (Lipinski definition) is 0. The molecule has 1 rings (SSSR count). The molecule has 0 spiro atoms. The molecule has 1 aromatic rings. The van der Waals surface area contributed by atoms with Gasteiger partial charge in [0, 0.05) is 5.38 Å². The third kappa shape index (κ3) is 3.96. The Morgan fingerprint density at radius 2 is 1.95 bits per heavy atom. The van der Waals surface area contributed by atoms with E-state index in [1.807, 2.05) is 0 Å². The molecule has 0 aliphatic rings. The average molecular weight is 307 g/mol. The summed E-state index contributed by atoms with van der Waals surface area (Å²) in [5.74, 6) is -6.39. The van der Waals surface area contributed by atoms with Crippen LogP contribution in [0, 0.1) is 0 Å². The molecule has 112 valence electrons. The first kappa shape index (κ1) is 16.5. The van der Waals surface area contributed by atoms with E-state index in [1.165, 1.54) is 6.92 Å². The summed E-state index contributed by atoms with van der Waals surface area (Å²) in [4.78, 5) is 26.3. The summed E-state index contributed by atoms with van der Waals surface area (Å²) in [6, 6.07) is 0. The normalized spacial score (nSPS) is 12.1. The first-order chi connectivity index (χ1) is 9.08. The van der Waals surface area contributed by atoms with Crippen LogP contribution in [0.5, 0.6) is 0 Å². The van der Waals surface area contributed by atoms with Crippen LogP contribution < -0.4 is 0 Å². The second-order valence-electron chi connectivity index (χ2n) is 4.83. The quantitative estimate of drug-likeness (QED) is 0.800. The van der Waals surface area contributed by atoms with Gasteiger partial charge >= 0.3 is 17.9 Å². The Bertz CT molecular complexity index is 508. The van der Waals surface area contributed by atoms with E-state index in [2.05, 4.69) is 9.72 Å². The van der Waals surface area contributed by atoms with Crippen LogP contribution in [0.4, 0.5) is 8.78 Å². The number of rotatable bonds is 4. The van der Waals surface area contributed by atoms with E-state index in [1.54, 1.807) is 20.8 Å². The SMILES string of the molecule is CCOC(=O)C(F)(F)c1csc(C(=O)OC(C)(C)C)n1. The maximum Gasteiger partial charge on any atom is 0.385 e. The topological polar surface area (TPSA) is 65.5 Å². The number of aromatic nitrogens is 1. The van der Waals surface area contributed by atoms with E-state index in [4.69, 9.17) is 4.74 Å². The standard InChI is InChI=1S/C12H15F2NO4S/c1-5-18-10(17)12(13,14)7-6-20-8(15-7)9(16)19-11(2,3)4/h6H,5H2,1-4H3. The molecule has 0 fully saturated rings. The zero-order valence-electron chi connectivity index (χ0n) is 11.5. The molecule has 0 aromatic carbocycles. The highest BCUT2D eigenvalue weighted by molar-refractivity contribution is 7.11. The molecule has 1 heterocycles. The number of carbonyl (C=O) groups excluding carboxylic acids is 2. The van der Waals surface area contributed by atoms with E-state index in [0.29, 0.717) is 11.3 Å². The lowest BCUT2D eigenvalue weighted by molar-refractivity contribution is -0.173. The van der Waals surface area contributed by atoms with Gasteiger partial charge in [-0.3, -0.25) is 0 Å². The van der Waals surface area contributed by atoms with E-state index >= 15 is 0 Å². The van der Waals surface area contributed by atoms with E-state index in [0.717, 1.165) is 5.38 Å². The van der Waals surface area contributed by atoms with Gasteiger partial charge in [0.1, 0.15) is 11.3 Å². The van der Waals surface area contributed by atoms with Crippen LogP contribution in [-0.2, 0) is 20.2 Å². The molecule has 0 unspecified atom stereocenters. The summed E-state index contributed by atoms with van der Waals surface area (Å²) in [5, 5.41) is 0.704. The Hall–Kier alpha value is -1.57. The second-order valence-corrected chi connectivity index (χ2v) is 5.69. The van der Waals surface area contributed by atoms with E-state index in [-0.39, 0.29) is 11.6 Å². The smallest absolute Gasteiger partial charge is 0.385 e. The molecule has 0 saturated carbocycles. The van der Waals surface area contributed by atoms with Crippen molar-refractivity contribution in [2.24, 2.45) is 0 Å². The second kappa shape index (κ2) is 5.82. The van der Waals surface area contributed by atoms with Crippen LogP contribution >= 0.6 is 11.3 Å². The summed E-state index contributed by atoms with van der Waals surface area (Å²) in [5.41, 5.74) is -1.58. The molecule has 20 heavy (non-hydrogen) atoms. The minimum absolute atomic E-state index is 0.169. The van der Waals surface area contributed by atoms with E-state index in [9.17, 15) is 18.4 Å². The molecule has 1 aromatic heterocycles. The van der Waals surface area contributed by atoms with Crippen LogP contribution in [0.2, 0.25) is 0 Å². The molecule has 0 radical (unpaired) electrons. The first-order valence-corrected chi connectivity index (χ1v) is 6.70. The monoisotopic (exact) mass is 307 g/mol. The molecular weight excluding hydrogens is 292 g/mol. The Labute approximate surface area is 118 Å². The molecule has 0 saturated heterocycles.